The molecule has 0 heterocycles. The lowest BCUT2D eigenvalue weighted by Crippen LogP contribution is -1.89. The highest BCUT2D eigenvalue weighted by molar-refractivity contribution is 6.35. The zero-order valence-corrected chi connectivity index (χ0v) is 11.1. The van der Waals surface area contributed by atoms with Crippen LogP contribution in [0.4, 0.5) is 0 Å². The Kier molecular flexibility index (Phi) is 14.1. The lowest BCUT2D eigenvalue weighted by Gasteiger charge is -2.00. The molecule has 0 rings (SSSR count). The van der Waals surface area contributed by atoms with Crippen LogP contribution in [0.2, 0.25) is 12.6 Å². The Labute approximate surface area is 98.5 Å². The fourth-order valence-electron chi connectivity index (χ4n) is 1.93. The first-order valence-electron chi connectivity index (χ1n) is 7.23. The minimum Gasteiger partial charge on any atom is -0.0803 e. The summed E-state index contributed by atoms with van der Waals surface area (Å²) in [5, 5.41) is 0. The normalized spacial score (nSPS) is 10.5. The summed E-state index contributed by atoms with van der Waals surface area (Å²) in [7, 11) is 2.51. The molecule has 0 unspecified atom stereocenters. The molecule has 0 aromatic carbocycles. The first-order chi connectivity index (χ1) is 7.41. The lowest BCUT2D eigenvalue weighted by molar-refractivity contribution is 0.623. The summed E-state index contributed by atoms with van der Waals surface area (Å²) in [4.78, 5) is 0. The van der Waals surface area contributed by atoms with Crippen LogP contribution in [-0.2, 0) is 0 Å². The molecule has 0 amide bonds. The van der Waals surface area contributed by atoms with E-state index in [0.29, 0.717) is 0 Å². The maximum Gasteiger partial charge on any atom is 0.109 e. The Morgan fingerprint density at radius 1 is 0.533 bits per heavy atom. The first-order valence-corrected chi connectivity index (χ1v) is 7.23. The van der Waals surface area contributed by atoms with Crippen molar-refractivity contribution in [1.29, 1.82) is 0 Å². The zero-order chi connectivity index (χ0) is 11.2. The molecule has 0 spiro atoms. The fraction of sp³-hybridized carbons (Fsp3) is 1.00. The van der Waals surface area contributed by atoms with E-state index in [0.717, 1.165) is 0 Å². The summed E-state index contributed by atoms with van der Waals surface area (Å²) in [6.45, 7) is 4.56. The molecule has 0 aromatic heterocycles. The van der Waals surface area contributed by atoms with Crippen LogP contribution in [0.15, 0.2) is 0 Å². The van der Waals surface area contributed by atoms with Crippen molar-refractivity contribution in [3.05, 3.63) is 0 Å². The van der Waals surface area contributed by atoms with Crippen molar-refractivity contribution in [2.45, 2.75) is 90.7 Å². The molecule has 0 aromatic rings. The van der Waals surface area contributed by atoms with Gasteiger partial charge in [-0.15, -0.1) is 0 Å². The average Bonchev–Trinajstić information content (AvgIpc) is 2.26. The molecule has 15 heavy (non-hydrogen) atoms. The van der Waals surface area contributed by atoms with Crippen molar-refractivity contribution < 1.29 is 0 Å². The standard InChI is InChI=1S/C14H30B/c1-3-5-7-9-10-12-14-15-13-11-8-6-4-2/h3-14H2,1-2H3. The number of hydrogen-bond acceptors (Lipinski definition) is 0. The van der Waals surface area contributed by atoms with Gasteiger partial charge in [0.1, 0.15) is 7.28 Å². The van der Waals surface area contributed by atoms with Gasteiger partial charge in [-0.1, -0.05) is 90.7 Å². The van der Waals surface area contributed by atoms with Gasteiger partial charge in [0.2, 0.25) is 0 Å². The molecule has 0 N–H and O–H groups in total. The lowest BCUT2D eigenvalue weighted by atomic mass is 9.68. The van der Waals surface area contributed by atoms with Crippen molar-refractivity contribution in [2.24, 2.45) is 0 Å². The minimum absolute atomic E-state index is 1.36. The van der Waals surface area contributed by atoms with Crippen molar-refractivity contribution >= 4 is 7.28 Å². The Balaban J connectivity index is 2.81. The highest BCUT2D eigenvalue weighted by Crippen LogP contribution is 2.09. The maximum absolute atomic E-state index is 2.51. The van der Waals surface area contributed by atoms with Crippen LogP contribution in [-0.4, -0.2) is 7.28 Å². The maximum atomic E-state index is 2.51. The van der Waals surface area contributed by atoms with E-state index in [1.54, 1.807) is 0 Å². The average molecular weight is 209 g/mol. The third-order valence-electron chi connectivity index (χ3n) is 3.02. The molecule has 0 aliphatic rings. The van der Waals surface area contributed by atoms with Crippen molar-refractivity contribution in [3.8, 4) is 0 Å². The number of hydrogen-bond donors (Lipinski definition) is 0. The van der Waals surface area contributed by atoms with E-state index < -0.39 is 0 Å². The number of unbranched alkanes of at least 4 members (excludes halogenated alkanes) is 8. The van der Waals surface area contributed by atoms with Gasteiger partial charge < -0.3 is 0 Å². The molecule has 0 bridgehead atoms. The summed E-state index contributed by atoms with van der Waals surface area (Å²) in [6, 6.07) is 0. The Hall–Kier alpha value is 0.0649. The molecule has 0 atom stereocenters. The van der Waals surface area contributed by atoms with Crippen molar-refractivity contribution in [2.75, 3.05) is 0 Å². The van der Waals surface area contributed by atoms with Crippen LogP contribution >= 0.6 is 0 Å². The van der Waals surface area contributed by atoms with E-state index in [1.807, 2.05) is 0 Å². The third kappa shape index (κ3) is 14.1. The van der Waals surface area contributed by atoms with E-state index in [9.17, 15) is 0 Å². The van der Waals surface area contributed by atoms with Gasteiger partial charge in [-0.05, 0) is 0 Å². The van der Waals surface area contributed by atoms with Gasteiger partial charge in [-0.2, -0.15) is 0 Å². The molecule has 0 aliphatic carbocycles. The van der Waals surface area contributed by atoms with Crippen molar-refractivity contribution in [3.63, 3.8) is 0 Å². The fourth-order valence-corrected chi connectivity index (χ4v) is 1.93. The molecule has 0 nitrogen and oxygen atoms in total. The largest absolute Gasteiger partial charge is 0.109 e. The summed E-state index contributed by atoms with van der Waals surface area (Å²) in [5.74, 6) is 0. The summed E-state index contributed by atoms with van der Waals surface area (Å²) >= 11 is 0. The van der Waals surface area contributed by atoms with Gasteiger partial charge in [0.25, 0.3) is 0 Å². The molecular formula is C14H30B. The van der Waals surface area contributed by atoms with Gasteiger partial charge in [0, 0.05) is 0 Å². The topological polar surface area (TPSA) is 0 Å². The molecule has 0 saturated heterocycles. The second-order valence-corrected chi connectivity index (χ2v) is 4.69. The summed E-state index contributed by atoms with van der Waals surface area (Å²) in [6.07, 6.45) is 16.9. The highest BCUT2D eigenvalue weighted by atomic mass is 13.9. The van der Waals surface area contributed by atoms with Gasteiger partial charge >= 0.3 is 0 Å². The van der Waals surface area contributed by atoms with Crippen LogP contribution in [0.25, 0.3) is 0 Å². The third-order valence-corrected chi connectivity index (χ3v) is 3.02. The molecular weight excluding hydrogens is 179 g/mol. The summed E-state index contributed by atoms with van der Waals surface area (Å²) in [5.41, 5.74) is 0. The molecule has 0 saturated carbocycles. The first kappa shape index (κ1) is 15.1. The molecule has 1 radical (unpaired) electrons. The SMILES string of the molecule is CCCCCC[B]CCCCCCCC. The molecule has 0 aliphatic heterocycles. The van der Waals surface area contributed by atoms with E-state index in [-0.39, 0.29) is 0 Å². The number of rotatable bonds is 12. The monoisotopic (exact) mass is 209 g/mol. The van der Waals surface area contributed by atoms with E-state index in [4.69, 9.17) is 0 Å². The smallest absolute Gasteiger partial charge is 0.0803 e. The van der Waals surface area contributed by atoms with Crippen LogP contribution in [0.5, 0.6) is 0 Å². The Morgan fingerprint density at radius 3 is 1.47 bits per heavy atom. The van der Waals surface area contributed by atoms with Gasteiger partial charge in [0.15, 0.2) is 0 Å². The predicted molar refractivity (Wildman–Crippen MR) is 72.9 cm³/mol. The second kappa shape index (κ2) is 14.1. The minimum atomic E-state index is 1.36. The van der Waals surface area contributed by atoms with Crippen molar-refractivity contribution in [1.82, 2.24) is 0 Å². The predicted octanol–water partition coefficient (Wildman–Crippen LogP) is 5.47. The Morgan fingerprint density at radius 2 is 0.933 bits per heavy atom. The molecule has 89 valence electrons. The Bertz CT molecular complexity index is 89.5. The van der Waals surface area contributed by atoms with E-state index in [1.165, 1.54) is 76.8 Å². The van der Waals surface area contributed by atoms with E-state index in [2.05, 4.69) is 21.1 Å². The molecule has 0 fully saturated rings. The van der Waals surface area contributed by atoms with Crippen LogP contribution in [0.3, 0.4) is 0 Å². The van der Waals surface area contributed by atoms with Gasteiger partial charge in [-0.25, -0.2) is 0 Å². The van der Waals surface area contributed by atoms with Crippen LogP contribution in [0, 0.1) is 0 Å². The summed E-state index contributed by atoms with van der Waals surface area (Å²) < 4.78 is 0. The highest BCUT2D eigenvalue weighted by Gasteiger charge is 1.93. The van der Waals surface area contributed by atoms with Crippen LogP contribution in [0.1, 0.15) is 78.1 Å². The van der Waals surface area contributed by atoms with E-state index >= 15 is 0 Å². The van der Waals surface area contributed by atoms with Crippen LogP contribution < -0.4 is 0 Å². The quantitative estimate of drug-likeness (QED) is 0.295. The second-order valence-electron chi connectivity index (χ2n) is 4.69. The van der Waals surface area contributed by atoms with Gasteiger partial charge in [-0.3, -0.25) is 0 Å². The molecule has 1 heteroatoms. The zero-order valence-electron chi connectivity index (χ0n) is 11.1. The van der Waals surface area contributed by atoms with Gasteiger partial charge in [0.05, 0.1) is 0 Å².